The van der Waals surface area contributed by atoms with Gasteiger partial charge in [-0.1, -0.05) is 29.8 Å². The molecule has 40 heavy (non-hydrogen) atoms. The Kier molecular flexibility index (Phi) is 8.01. The van der Waals surface area contributed by atoms with Crippen LogP contribution in [0.2, 0.25) is 5.02 Å². The summed E-state index contributed by atoms with van der Waals surface area (Å²) >= 11 is 6.54. The molecular formula is C27H25ClF3N5O4. The highest BCUT2D eigenvalue weighted by Gasteiger charge is 2.41. The summed E-state index contributed by atoms with van der Waals surface area (Å²) in [6, 6.07) is 11.6. The molecule has 2 aromatic carbocycles. The number of halogens is 4. The van der Waals surface area contributed by atoms with Gasteiger partial charge >= 0.3 is 6.18 Å². The fraction of sp³-hybridized carbons (Fsp3) is 0.296. The highest BCUT2D eigenvalue weighted by atomic mass is 35.5. The average molecular weight is 576 g/mol. The Morgan fingerprint density at radius 2 is 1.85 bits per heavy atom. The molecule has 4 rings (SSSR count). The predicted octanol–water partition coefficient (Wildman–Crippen LogP) is 5.77. The molecular weight excluding hydrogens is 551 g/mol. The molecule has 13 heteroatoms. The van der Waals surface area contributed by atoms with E-state index in [0.717, 1.165) is 22.6 Å². The third-order valence-corrected chi connectivity index (χ3v) is 6.92. The van der Waals surface area contributed by atoms with E-state index in [-0.39, 0.29) is 30.0 Å². The van der Waals surface area contributed by atoms with E-state index < -0.39 is 34.5 Å². The molecule has 1 unspecified atom stereocenters. The van der Waals surface area contributed by atoms with Crippen LogP contribution in [0.25, 0.3) is 0 Å². The van der Waals surface area contributed by atoms with Crippen molar-refractivity contribution in [1.29, 1.82) is 0 Å². The first-order valence-corrected chi connectivity index (χ1v) is 12.5. The number of amides is 2. The van der Waals surface area contributed by atoms with Crippen molar-refractivity contribution in [2.45, 2.75) is 38.5 Å². The number of aryl methyl sites for hydroxylation is 1. The number of hydrogen-bond donors (Lipinski definition) is 0. The summed E-state index contributed by atoms with van der Waals surface area (Å²) < 4.78 is 40.4. The fourth-order valence-corrected chi connectivity index (χ4v) is 5.03. The highest BCUT2D eigenvalue weighted by Crippen LogP contribution is 2.38. The molecule has 0 aliphatic carbocycles. The van der Waals surface area contributed by atoms with Crippen molar-refractivity contribution in [3.8, 4) is 0 Å². The molecule has 1 aliphatic rings. The van der Waals surface area contributed by atoms with E-state index in [1.54, 1.807) is 42.3 Å². The summed E-state index contributed by atoms with van der Waals surface area (Å²) in [5.74, 6) is -1.25. The first-order chi connectivity index (χ1) is 18.8. The van der Waals surface area contributed by atoms with Gasteiger partial charge in [-0.05, 0) is 43.2 Å². The van der Waals surface area contributed by atoms with Crippen molar-refractivity contribution >= 4 is 46.3 Å². The minimum atomic E-state index is -4.65. The molecule has 1 atom stereocenters. The maximum Gasteiger partial charge on any atom is 0.416 e. The van der Waals surface area contributed by atoms with E-state index in [1.165, 1.54) is 31.0 Å². The van der Waals surface area contributed by atoms with Gasteiger partial charge < -0.3 is 9.80 Å². The third kappa shape index (κ3) is 5.86. The van der Waals surface area contributed by atoms with Gasteiger partial charge in [-0.2, -0.15) is 13.2 Å². The molecule has 3 aromatic rings. The zero-order chi connectivity index (χ0) is 29.4. The average Bonchev–Trinajstić information content (AvgIpc) is 3.28. The number of nitro benzene ring substituents is 1. The Morgan fingerprint density at radius 3 is 2.48 bits per heavy atom. The third-order valence-electron chi connectivity index (χ3n) is 6.62. The Labute approximate surface area is 232 Å². The second-order valence-electron chi connectivity index (χ2n) is 9.46. The lowest BCUT2D eigenvalue weighted by Crippen LogP contribution is -2.46. The predicted molar refractivity (Wildman–Crippen MR) is 145 cm³/mol. The van der Waals surface area contributed by atoms with Crippen LogP contribution in [0.4, 0.5) is 36.1 Å². The van der Waals surface area contributed by atoms with E-state index >= 15 is 0 Å². The van der Waals surface area contributed by atoms with Crippen molar-refractivity contribution in [3.05, 3.63) is 86.6 Å². The first kappa shape index (κ1) is 28.8. The number of likely N-dealkylation sites (N-methyl/N-ethyl adjacent to an activating group) is 1. The van der Waals surface area contributed by atoms with Crippen LogP contribution in [0.15, 0.2) is 54.6 Å². The smallest absolute Gasteiger partial charge is 0.367 e. The van der Waals surface area contributed by atoms with Crippen LogP contribution < -0.4 is 14.7 Å². The molecule has 2 heterocycles. The summed E-state index contributed by atoms with van der Waals surface area (Å²) in [6.45, 7) is 1.69. The summed E-state index contributed by atoms with van der Waals surface area (Å²) in [6.07, 6.45) is -4.57. The van der Waals surface area contributed by atoms with E-state index in [9.17, 15) is 32.9 Å². The second-order valence-corrected chi connectivity index (χ2v) is 9.86. The summed E-state index contributed by atoms with van der Waals surface area (Å²) in [5.41, 5.74) is 0.716. The Hall–Kier alpha value is -4.19. The van der Waals surface area contributed by atoms with Crippen LogP contribution in [-0.4, -0.2) is 41.9 Å². The second kappa shape index (κ2) is 11.1. The normalized spacial score (nSPS) is 15.3. The van der Waals surface area contributed by atoms with Crippen molar-refractivity contribution in [2.24, 2.45) is 0 Å². The van der Waals surface area contributed by atoms with Gasteiger partial charge in [-0.3, -0.25) is 24.6 Å². The van der Waals surface area contributed by atoms with Crippen molar-refractivity contribution < 1.29 is 27.7 Å². The summed E-state index contributed by atoms with van der Waals surface area (Å²) in [7, 11) is 3.24. The van der Waals surface area contributed by atoms with Crippen LogP contribution >= 0.6 is 11.6 Å². The van der Waals surface area contributed by atoms with Crippen molar-refractivity contribution in [3.63, 3.8) is 0 Å². The molecule has 0 radical (unpaired) electrons. The number of anilines is 3. The molecule has 0 bridgehead atoms. The minimum absolute atomic E-state index is 0.0241. The molecule has 0 spiro atoms. The zero-order valence-corrected chi connectivity index (χ0v) is 22.5. The maximum atomic E-state index is 13.7. The number of para-hydroxylation sites is 1. The number of carbonyl (C=O) groups excluding carboxylic acids is 2. The Morgan fingerprint density at radius 1 is 1.18 bits per heavy atom. The van der Waals surface area contributed by atoms with E-state index in [1.807, 2.05) is 0 Å². The lowest BCUT2D eigenvalue weighted by atomic mass is 10.1. The molecule has 1 fully saturated rings. The molecule has 0 N–H and O–H groups in total. The number of pyridine rings is 1. The molecule has 2 amide bonds. The standard InChI is InChI=1S/C27H25ClF3N5O4/c1-16-13-18(27(29,30)31)14-23(32-16)35-22(11-12-24(35)37)26(38)34(3)21-6-4-5-20(28)25(21)33(2)15-17-7-9-19(10-8-17)36(39)40/h4-10,13-14,22H,11-12,15H2,1-3H3. The molecule has 0 saturated carbocycles. The van der Waals surface area contributed by atoms with E-state index in [0.29, 0.717) is 22.9 Å². The lowest BCUT2D eigenvalue weighted by Gasteiger charge is -2.31. The number of non-ortho nitro benzene ring substituents is 1. The van der Waals surface area contributed by atoms with Crippen LogP contribution in [0.3, 0.4) is 0 Å². The fourth-order valence-electron chi connectivity index (χ4n) is 4.71. The quantitative estimate of drug-likeness (QED) is 0.262. The van der Waals surface area contributed by atoms with E-state index in [2.05, 4.69) is 4.98 Å². The number of benzene rings is 2. The lowest BCUT2D eigenvalue weighted by molar-refractivity contribution is -0.384. The monoisotopic (exact) mass is 575 g/mol. The van der Waals surface area contributed by atoms with Crippen LogP contribution in [0.5, 0.6) is 0 Å². The van der Waals surface area contributed by atoms with Gasteiger partial charge in [-0.15, -0.1) is 0 Å². The van der Waals surface area contributed by atoms with Crippen LogP contribution in [0.1, 0.15) is 29.7 Å². The van der Waals surface area contributed by atoms with Crippen LogP contribution in [-0.2, 0) is 22.3 Å². The topological polar surface area (TPSA) is 99.9 Å². The summed E-state index contributed by atoms with van der Waals surface area (Å²) in [5, 5.41) is 11.3. The molecule has 210 valence electrons. The number of rotatable bonds is 7. The highest BCUT2D eigenvalue weighted by molar-refractivity contribution is 6.34. The largest absolute Gasteiger partial charge is 0.416 e. The number of hydrogen-bond acceptors (Lipinski definition) is 6. The SMILES string of the molecule is Cc1cc(C(F)(F)F)cc(N2C(=O)CCC2C(=O)N(C)c2cccc(Cl)c2N(C)Cc2ccc([N+](=O)[O-])cc2)n1. The van der Waals surface area contributed by atoms with Gasteiger partial charge in [0.15, 0.2) is 0 Å². The van der Waals surface area contributed by atoms with Crippen molar-refractivity contribution in [1.82, 2.24) is 4.98 Å². The van der Waals surface area contributed by atoms with Gasteiger partial charge in [0.1, 0.15) is 11.9 Å². The number of nitro groups is 1. The van der Waals surface area contributed by atoms with Crippen LogP contribution in [0, 0.1) is 17.0 Å². The number of nitrogens with zero attached hydrogens (tertiary/aromatic N) is 5. The number of aromatic nitrogens is 1. The van der Waals surface area contributed by atoms with Gasteiger partial charge in [0.25, 0.3) is 5.69 Å². The van der Waals surface area contributed by atoms with Crippen molar-refractivity contribution in [2.75, 3.05) is 28.8 Å². The molecule has 1 aromatic heterocycles. The minimum Gasteiger partial charge on any atom is -0.367 e. The van der Waals surface area contributed by atoms with Gasteiger partial charge in [0, 0.05) is 44.9 Å². The zero-order valence-electron chi connectivity index (χ0n) is 21.8. The molecule has 1 saturated heterocycles. The number of carbonyl (C=O) groups is 2. The number of alkyl halides is 3. The summed E-state index contributed by atoms with van der Waals surface area (Å²) in [4.78, 5) is 45.3. The first-order valence-electron chi connectivity index (χ1n) is 12.2. The Bertz CT molecular complexity index is 1470. The molecule has 1 aliphatic heterocycles. The van der Waals surface area contributed by atoms with Gasteiger partial charge in [0.2, 0.25) is 11.8 Å². The molecule has 9 nitrogen and oxygen atoms in total. The maximum absolute atomic E-state index is 13.7. The van der Waals surface area contributed by atoms with Gasteiger partial charge in [-0.25, -0.2) is 4.98 Å². The van der Waals surface area contributed by atoms with E-state index in [4.69, 9.17) is 11.6 Å². The van der Waals surface area contributed by atoms with Gasteiger partial charge in [0.05, 0.1) is 26.9 Å². The Balaban J connectivity index is 1.64.